The van der Waals surface area contributed by atoms with E-state index in [1.165, 1.54) is 27.6 Å². The number of carbonyl (C=O) groups is 2. The number of hydrogen-bond acceptors (Lipinski definition) is 6. The number of aliphatic hydroxyl groups excluding tert-OH is 1. The topological polar surface area (TPSA) is 70.5 Å². The molecule has 2 aromatic heterocycles. The number of aliphatic hydroxyl groups is 1. The van der Waals surface area contributed by atoms with Crippen molar-refractivity contribution in [2.45, 2.75) is 46.1 Å². The number of thiazole rings is 1. The summed E-state index contributed by atoms with van der Waals surface area (Å²) in [6.45, 7) is 10.4. The fourth-order valence-electron chi connectivity index (χ4n) is 4.52. The van der Waals surface area contributed by atoms with Gasteiger partial charge in [0.25, 0.3) is 5.91 Å². The maximum absolute atomic E-state index is 13.5. The molecule has 1 N–H and O–H groups in total. The summed E-state index contributed by atoms with van der Waals surface area (Å²) in [4.78, 5) is 33.7. The molecule has 1 aliphatic heterocycles. The third kappa shape index (κ3) is 3.98. The van der Waals surface area contributed by atoms with Crippen LogP contribution in [-0.4, -0.2) is 21.8 Å². The summed E-state index contributed by atoms with van der Waals surface area (Å²) in [5.41, 5.74) is 4.90. The summed E-state index contributed by atoms with van der Waals surface area (Å²) in [7, 11) is 0. The van der Waals surface area contributed by atoms with Crippen molar-refractivity contribution < 1.29 is 14.7 Å². The van der Waals surface area contributed by atoms with Crippen molar-refractivity contribution in [2.75, 3.05) is 4.90 Å². The molecule has 3 heterocycles. The lowest BCUT2D eigenvalue weighted by Crippen LogP contribution is -2.31. The van der Waals surface area contributed by atoms with Gasteiger partial charge in [0.05, 0.1) is 26.7 Å². The Balaban J connectivity index is 1.68. The summed E-state index contributed by atoms with van der Waals surface area (Å²) < 4.78 is 0.963. The third-order valence-electron chi connectivity index (χ3n) is 6.31. The quantitative estimate of drug-likeness (QED) is 0.303. The Labute approximate surface area is 212 Å². The second-order valence-corrected chi connectivity index (χ2v) is 11.9. The van der Waals surface area contributed by atoms with E-state index in [1.54, 1.807) is 12.1 Å². The zero-order valence-corrected chi connectivity index (χ0v) is 21.9. The van der Waals surface area contributed by atoms with E-state index < -0.39 is 17.7 Å². The lowest BCUT2D eigenvalue weighted by atomic mass is 9.85. The van der Waals surface area contributed by atoms with Gasteiger partial charge in [0.15, 0.2) is 10.9 Å². The number of rotatable bonds is 4. The van der Waals surface area contributed by atoms with Crippen LogP contribution in [0.15, 0.2) is 65.2 Å². The minimum Gasteiger partial charge on any atom is -0.503 e. The molecular weight excluding hydrogens is 476 g/mol. The molecule has 178 valence electrons. The van der Waals surface area contributed by atoms with Crippen LogP contribution in [0, 0.1) is 13.8 Å². The number of benzene rings is 2. The molecule has 5 nitrogen and oxygen atoms in total. The van der Waals surface area contributed by atoms with Crippen molar-refractivity contribution in [1.29, 1.82) is 0 Å². The first kappa shape index (κ1) is 23.5. The first-order valence-corrected chi connectivity index (χ1v) is 13.1. The van der Waals surface area contributed by atoms with Crippen LogP contribution in [-0.2, 0) is 10.2 Å². The van der Waals surface area contributed by atoms with Crippen LogP contribution < -0.4 is 4.90 Å². The van der Waals surface area contributed by atoms with Crippen LogP contribution in [0.3, 0.4) is 0 Å². The summed E-state index contributed by atoms with van der Waals surface area (Å²) in [6, 6.07) is 14.7. The Morgan fingerprint density at radius 1 is 1.09 bits per heavy atom. The van der Waals surface area contributed by atoms with E-state index in [9.17, 15) is 14.7 Å². The van der Waals surface area contributed by atoms with Gasteiger partial charge in [0.1, 0.15) is 0 Å². The molecule has 1 aliphatic rings. The summed E-state index contributed by atoms with van der Waals surface area (Å²) in [6.07, 6.45) is 0. The average molecular weight is 503 g/mol. The minimum absolute atomic E-state index is 0.0419. The van der Waals surface area contributed by atoms with Crippen molar-refractivity contribution in [3.63, 3.8) is 0 Å². The number of carbonyl (C=O) groups excluding carboxylic acids is 2. The molecule has 0 fully saturated rings. The van der Waals surface area contributed by atoms with Crippen molar-refractivity contribution in [1.82, 2.24) is 4.98 Å². The first-order valence-electron chi connectivity index (χ1n) is 11.4. The van der Waals surface area contributed by atoms with Gasteiger partial charge >= 0.3 is 0 Å². The van der Waals surface area contributed by atoms with Gasteiger partial charge < -0.3 is 5.11 Å². The number of nitrogens with zero attached hydrogens (tertiary/aromatic N) is 2. The van der Waals surface area contributed by atoms with E-state index in [-0.39, 0.29) is 16.8 Å². The van der Waals surface area contributed by atoms with Gasteiger partial charge in [-0.1, -0.05) is 68.5 Å². The Kier molecular flexibility index (Phi) is 5.65. The Bertz CT molecular complexity index is 1490. The molecule has 0 aliphatic carbocycles. The molecule has 35 heavy (non-hydrogen) atoms. The maximum atomic E-state index is 13.5. The highest BCUT2D eigenvalue weighted by Crippen LogP contribution is 2.45. The number of aromatic nitrogens is 1. The standard InChI is InChI=1S/C28H26N2O3S2/c1-15-13-16(2)22-20(14-15)35-27(29-22)30-23(17-8-10-18(11-9-17)28(3,4)5)21(25(32)26(30)33)24(31)19-7-6-12-34-19/h6-14,23,32H,1-5H3/t23-/m1/s1. The second kappa shape index (κ2) is 8.43. The van der Waals surface area contributed by atoms with Gasteiger partial charge in [-0.05, 0) is 59.0 Å². The smallest absolute Gasteiger partial charge is 0.296 e. The molecule has 0 saturated carbocycles. The Morgan fingerprint density at radius 3 is 2.43 bits per heavy atom. The van der Waals surface area contributed by atoms with Crippen LogP contribution in [0.1, 0.15) is 58.7 Å². The SMILES string of the molecule is Cc1cc(C)c2nc(N3C(=O)C(O)=C(C(=O)c4cccs4)[C@H]3c3ccc(C(C)(C)C)cc3)sc2c1. The fourth-order valence-corrected chi connectivity index (χ4v) is 6.36. The molecule has 0 spiro atoms. The number of hydrogen-bond donors (Lipinski definition) is 1. The van der Waals surface area contributed by atoms with Crippen LogP contribution in [0.4, 0.5) is 5.13 Å². The number of thiophene rings is 1. The maximum Gasteiger partial charge on any atom is 0.296 e. The van der Waals surface area contributed by atoms with E-state index in [4.69, 9.17) is 4.98 Å². The average Bonchev–Trinajstić information content (AvgIpc) is 3.52. The number of Topliss-reactive ketones (excluding diaryl/α,β-unsaturated/α-hetero) is 1. The molecule has 1 amide bonds. The van der Waals surface area contributed by atoms with E-state index in [2.05, 4.69) is 26.8 Å². The highest BCUT2D eigenvalue weighted by atomic mass is 32.1. The van der Waals surface area contributed by atoms with Gasteiger partial charge in [-0.2, -0.15) is 0 Å². The summed E-state index contributed by atoms with van der Waals surface area (Å²) in [5.74, 6) is -1.46. The lowest BCUT2D eigenvalue weighted by molar-refractivity contribution is -0.117. The van der Waals surface area contributed by atoms with Gasteiger partial charge in [-0.15, -0.1) is 11.3 Å². The number of amides is 1. The van der Waals surface area contributed by atoms with E-state index in [0.29, 0.717) is 10.0 Å². The third-order valence-corrected chi connectivity index (χ3v) is 8.19. The predicted octanol–water partition coefficient (Wildman–Crippen LogP) is 7.06. The van der Waals surface area contributed by atoms with Crippen molar-refractivity contribution in [3.05, 3.63) is 92.4 Å². The van der Waals surface area contributed by atoms with Crippen LogP contribution >= 0.6 is 22.7 Å². The van der Waals surface area contributed by atoms with Crippen LogP contribution in [0.2, 0.25) is 0 Å². The number of aryl methyl sites for hydroxylation is 2. The molecule has 0 bridgehead atoms. The summed E-state index contributed by atoms with van der Waals surface area (Å²) >= 11 is 2.68. The highest BCUT2D eigenvalue weighted by molar-refractivity contribution is 7.22. The normalized spacial score (nSPS) is 16.5. The Morgan fingerprint density at radius 2 is 1.80 bits per heavy atom. The molecule has 7 heteroatoms. The molecule has 0 saturated heterocycles. The monoisotopic (exact) mass is 502 g/mol. The van der Waals surface area contributed by atoms with Gasteiger partial charge in [-0.25, -0.2) is 4.98 Å². The fraction of sp³-hybridized carbons (Fsp3) is 0.250. The summed E-state index contributed by atoms with van der Waals surface area (Å²) in [5, 5.41) is 13.3. The van der Waals surface area contributed by atoms with Gasteiger partial charge in [-0.3, -0.25) is 14.5 Å². The highest BCUT2D eigenvalue weighted by Gasteiger charge is 2.46. The van der Waals surface area contributed by atoms with E-state index in [0.717, 1.165) is 32.5 Å². The lowest BCUT2D eigenvalue weighted by Gasteiger charge is -2.25. The molecule has 2 aromatic carbocycles. The van der Waals surface area contributed by atoms with Gasteiger partial charge in [0.2, 0.25) is 5.78 Å². The first-order chi connectivity index (χ1) is 16.6. The van der Waals surface area contributed by atoms with E-state index >= 15 is 0 Å². The molecular formula is C28H26N2O3S2. The Hall–Kier alpha value is -3.29. The predicted molar refractivity (Wildman–Crippen MR) is 143 cm³/mol. The number of fused-ring (bicyclic) bond motifs is 1. The largest absolute Gasteiger partial charge is 0.503 e. The van der Waals surface area contributed by atoms with Crippen molar-refractivity contribution >= 4 is 49.7 Å². The molecule has 1 atom stereocenters. The van der Waals surface area contributed by atoms with Gasteiger partial charge in [0, 0.05) is 0 Å². The molecule has 4 aromatic rings. The van der Waals surface area contributed by atoms with E-state index in [1.807, 2.05) is 49.6 Å². The number of anilines is 1. The van der Waals surface area contributed by atoms with Crippen LogP contribution in [0.5, 0.6) is 0 Å². The zero-order valence-electron chi connectivity index (χ0n) is 20.2. The van der Waals surface area contributed by atoms with Crippen molar-refractivity contribution in [3.8, 4) is 0 Å². The number of ketones is 1. The van der Waals surface area contributed by atoms with Crippen LogP contribution in [0.25, 0.3) is 10.2 Å². The molecule has 0 radical (unpaired) electrons. The molecule has 0 unspecified atom stereocenters. The minimum atomic E-state index is -0.770. The second-order valence-electron chi connectivity index (χ2n) is 9.94. The zero-order chi connectivity index (χ0) is 25.1. The van der Waals surface area contributed by atoms with Crippen molar-refractivity contribution in [2.24, 2.45) is 0 Å². The molecule has 5 rings (SSSR count).